The molecule has 1 aliphatic rings. The van der Waals surface area contributed by atoms with E-state index in [1.165, 1.54) is 12.4 Å². The van der Waals surface area contributed by atoms with Gasteiger partial charge in [0.05, 0.1) is 31.9 Å². The molecule has 3 aromatic rings. The van der Waals surface area contributed by atoms with Crippen LogP contribution in [-0.4, -0.2) is 90.6 Å². The Bertz CT molecular complexity index is 1360. The fraction of sp³-hybridized carbons (Fsp3) is 0.429. The van der Waals surface area contributed by atoms with Gasteiger partial charge in [0.2, 0.25) is 0 Å². The molecule has 1 aromatic carbocycles. The lowest BCUT2D eigenvalue weighted by atomic mass is 10.2. The highest BCUT2D eigenvalue weighted by Gasteiger charge is 2.22. The highest BCUT2D eigenvalue weighted by Crippen LogP contribution is 2.29. The fourth-order valence-electron chi connectivity index (χ4n) is 3.86. The van der Waals surface area contributed by atoms with Gasteiger partial charge in [0.15, 0.2) is 22.8 Å². The quantitative estimate of drug-likeness (QED) is 0.146. The third-order valence-electron chi connectivity index (χ3n) is 5.86. The average Bonchev–Trinajstić information content (AvgIpc) is 3.30. The molecule has 3 heterocycles. The third-order valence-corrected chi connectivity index (χ3v) is 5.86. The van der Waals surface area contributed by atoms with E-state index in [0.29, 0.717) is 61.6 Å². The van der Waals surface area contributed by atoms with E-state index in [9.17, 15) is 4.79 Å². The molecule has 13 heteroatoms. The number of fused-ring (bicyclic) bond motifs is 1. The van der Waals surface area contributed by atoms with E-state index in [2.05, 4.69) is 40.8 Å². The van der Waals surface area contributed by atoms with Crippen molar-refractivity contribution in [1.29, 1.82) is 0 Å². The largest absolute Gasteiger partial charge is 0.493 e. The number of benzene rings is 1. The number of carbonyl (C=O) groups is 1. The number of aryl methyl sites for hydroxylation is 1. The van der Waals surface area contributed by atoms with Crippen molar-refractivity contribution < 1.29 is 19.5 Å². The number of hydrogen-bond donors (Lipinski definition) is 3. The fourth-order valence-corrected chi connectivity index (χ4v) is 3.86. The van der Waals surface area contributed by atoms with Crippen molar-refractivity contribution in [2.24, 2.45) is 23.0 Å². The SMILES string of the molecule is C=N/C=C(\C=NCc1nc2c(N3CCOCC3)nc(-c3ccc(OCC(C)C)cc3)nc2n1C)C(=O)NO.CNC. The smallest absolute Gasteiger partial charge is 0.277 e. The van der Waals surface area contributed by atoms with Crippen molar-refractivity contribution in [2.45, 2.75) is 20.4 Å². The zero-order valence-corrected chi connectivity index (χ0v) is 24.3. The Kier molecular flexibility index (Phi) is 11.9. The minimum atomic E-state index is -0.739. The van der Waals surface area contributed by atoms with Crippen LogP contribution in [-0.2, 0) is 23.1 Å². The number of hydroxylamine groups is 1. The number of aliphatic imine (C=N–C) groups is 2. The molecule has 0 aliphatic carbocycles. The summed E-state index contributed by atoms with van der Waals surface area (Å²) in [6, 6.07) is 7.76. The molecule has 1 fully saturated rings. The van der Waals surface area contributed by atoms with Gasteiger partial charge in [-0.25, -0.2) is 20.4 Å². The van der Waals surface area contributed by atoms with Gasteiger partial charge < -0.3 is 24.3 Å². The van der Waals surface area contributed by atoms with Gasteiger partial charge in [-0.15, -0.1) is 0 Å². The number of nitrogens with zero attached hydrogens (tertiary/aromatic N) is 7. The molecule has 0 spiro atoms. The van der Waals surface area contributed by atoms with Gasteiger partial charge in [-0.3, -0.25) is 20.0 Å². The van der Waals surface area contributed by atoms with Gasteiger partial charge in [-0.05, 0) is 51.0 Å². The van der Waals surface area contributed by atoms with Crippen LogP contribution < -0.4 is 20.4 Å². The van der Waals surface area contributed by atoms with Crippen LogP contribution >= 0.6 is 0 Å². The maximum Gasteiger partial charge on any atom is 0.277 e. The maximum absolute atomic E-state index is 11.8. The number of anilines is 1. The number of aromatic nitrogens is 4. The molecule has 0 unspecified atom stereocenters. The number of carbonyl (C=O) groups excluding carboxylic acids is 1. The van der Waals surface area contributed by atoms with Gasteiger partial charge >= 0.3 is 0 Å². The molecule has 1 amide bonds. The molecular weight excluding hydrogens is 526 g/mol. The van der Waals surface area contributed by atoms with Crippen LogP contribution in [0.1, 0.15) is 19.7 Å². The minimum Gasteiger partial charge on any atom is -0.493 e. The lowest BCUT2D eigenvalue weighted by molar-refractivity contribution is -0.124. The van der Waals surface area contributed by atoms with Crippen molar-refractivity contribution in [3.63, 3.8) is 0 Å². The van der Waals surface area contributed by atoms with Crippen LogP contribution in [0.4, 0.5) is 5.82 Å². The number of nitrogens with one attached hydrogen (secondary N) is 2. The second-order valence-electron chi connectivity index (χ2n) is 9.64. The van der Waals surface area contributed by atoms with Crippen LogP contribution in [0.25, 0.3) is 22.6 Å². The third kappa shape index (κ3) is 8.39. The molecule has 4 rings (SSSR count). The van der Waals surface area contributed by atoms with Crippen LogP contribution in [0.2, 0.25) is 0 Å². The molecule has 0 atom stereocenters. The summed E-state index contributed by atoms with van der Waals surface area (Å²) in [5, 5.41) is 11.7. The summed E-state index contributed by atoms with van der Waals surface area (Å²) in [4.78, 5) is 36.4. The van der Waals surface area contributed by atoms with Crippen molar-refractivity contribution in [2.75, 3.05) is 51.9 Å². The van der Waals surface area contributed by atoms with Crippen LogP contribution in [0.15, 0.2) is 46.0 Å². The first-order valence-electron chi connectivity index (χ1n) is 13.3. The van der Waals surface area contributed by atoms with E-state index in [1.54, 1.807) is 5.48 Å². The Hall–Kier alpha value is -4.20. The van der Waals surface area contributed by atoms with Gasteiger partial charge in [0.25, 0.3) is 5.91 Å². The first-order valence-corrected chi connectivity index (χ1v) is 13.3. The van der Waals surface area contributed by atoms with E-state index < -0.39 is 5.91 Å². The van der Waals surface area contributed by atoms with E-state index in [1.807, 2.05) is 50.0 Å². The first-order chi connectivity index (χ1) is 19.8. The predicted molar refractivity (Wildman–Crippen MR) is 160 cm³/mol. The van der Waals surface area contributed by atoms with Crippen molar-refractivity contribution in [3.05, 3.63) is 41.9 Å². The van der Waals surface area contributed by atoms with Crippen molar-refractivity contribution in [1.82, 2.24) is 30.3 Å². The van der Waals surface area contributed by atoms with E-state index in [0.717, 1.165) is 17.1 Å². The maximum atomic E-state index is 11.8. The van der Waals surface area contributed by atoms with Crippen LogP contribution in [0.3, 0.4) is 0 Å². The lowest BCUT2D eigenvalue weighted by Crippen LogP contribution is -2.37. The molecule has 41 heavy (non-hydrogen) atoms. The summed E-state index contributed by atoms with van der Waals surface area (Å²) in [6.45, 7) is 11.0. The average molecular weight is 566 g/mol. The van der Waals surface area contributed by atoms with E-state index in [4.69, 9.17) is 29.6 Å². The Balaban J connectivity index is 0.00000147. The van der Waals surface area contributed by atoms with E-state index >= 15 is 0 Å². The Morgan fingerprint density at radius 2 is 1.88 bits per heavy atom. The first kappa shape index (κ1) is 31.3. The number of imidazole rings is 1. The lowest BCUT2D eigenvalue weighted by Gasteiger charge is -2.28. The molecule has 1 aliphatic heterocycles. The second-order valence-corrected chi connectivity index (χ2v) is 9.64. The summed E-state index contributed by atoms with van der Waals surface area (Å²) < 4.78 is 13.2. The van der Waals surface area contributed by atoms with Crippen LogP contribution in [0.5, 0.6) is 5.75 Å². The Morgan fingerprint density at radius 3 is 2.49 bits per heavy atom. The molecule has 0 saturated carbocycles. The molecule has 0 radical (unpaired) electrons. The minimum absolute atomic E-state index is 0.0539. The summed E-state index contributed by atoms with van der Waals surface area (Å²) in [5.74, 6) is 2.44. The van der Waals surface area contributed by atoms with Gasteiger partial charge in [-0.1, -0.05) is 13.8 Å². The molecule has 1 saturated heterocycles. The predicted octanol–water partition coefficient (Wildman–Crippen LogP) is 2.40. The van der Waals surface area contributed by atoms with Gasteiger partial charge in [0.1, 0.15) is 11.6 Å². The monoisotopic (exact) mass is 565 g/mol. The van der Waals surface area contributed by atoms with Gasteiger partial charge in [-0.2, -0.15) is 0 Å². The number of rotatable bonds is 10. The normalized spacial score (nSPS) is 13.8. The van der Waals surface area contributed by atoms with Crippen molar-refractivity contribution in [3.8, 4) is 17.1 Å². The number of hydrogen-bond acceptors (Lipinski definition) is 11. The molecule has 3 N–H and O–H groups in total. The summed E-state index contributed by atoms with van der Waals surface area (Å²) in [5.41, 5.74) is 3.81. The van der Waals surface area contributed by atoms with Gasteiger partial charge in [0, 0.05) is 38.1 Å². The van der Waals surface area contributed by atoms with E-state index in [-0.39, 0.29) is 12.1 Å². The molecule has 13 nitrogen and oxygen atoms in total. The van der Waals surface area contributed by atoms with Crippen molar-refractivity contribution >= 4 is 35.8 Å². The molecule has 0 bridgehead atoms. The summed E-state index contributed by atoms with van der Waals surface area (Å²) in [7, 11) is 5.62. The standard InChI is InChI=1S/C26H32N8O4.C2H7N/c1-17(2)16-38-20-7-5-18(6-8-20)23-30-24-22(25(31-23)34-9-11-37-12-10-34)29-21(33(24)4)15-28-14-19(13-27-3)26(35)32-36;1-3-2/h5-8,13-14,17,36H,3,9-12,15-16H2,1-2,4H3,(H,32,35);3H,1-2H3/b19-13+,28-14?;. The Labute approximate surface area is 240 Å². The second kappa shape index (κ2) is 15.6. The topological polar surface area (TPSA) is 151 Å². The molecule has 220 valence electrons. The summed E-state index contributed by atoms with van der Waals surface area (Å²) >= 11 is 0. The Morgan fingerprint density at radius 1 is 1.20 bits per heavy atom. The zero-order chi connectivity index (χ0) is 29.8. The molecule has 2 aromatic heterocycles. The number of morpholine rings is 1. The highest BCUT2D eigenvalue weighted by molar-refractivity contribution is 6.11. The van der Waals surface area contributed by atoms with Crippen LogP contribution in [0, 0.1) is 5.92 Å². The zero-order valence-electron chi connectivity index (χ0n) is 24.3. The molecular formula is C28H39N9O4. The summed E-state index contributed by atoms with van der Waals surface area (Å²) in [6.07, 6.45) is 2.51. The number of amides is 1. The number of ether oxygens (including phenoxy) is 2. The highest BCUT2D eigenvalue weighted by atomic mass is 16.5.